The van der Waals surface area contributed by atoms with Crippen LogP contribution in [0.15, 0.2) is 22.2 Å². The number of hydrogen-bond donors (Lipinski definition) is 2. The molecule has 0 unspecified atom stereocenters. The van der Waals surface area contributed by atoms with Gasteiger partial charge in [-0.25, -0.2) is 15.0 Å². The Morgan fingerprint density at radius 3 is 2.59 bits per heavy atom. The Morgan fingerprint density at radius 2 is 1.93 bits per heavy atom. The molecule has 0 radical (unpaired) electrons. The van der Waals surface area contributed by atoms with Gasteiger partial charge in [-0.05, 0) is 44.1 Å². The molecular formula is C21H28ClN5OS. The Balaban J connectivity index is 1.56. The maximum absolute atomic E-state index is 9.99. The molecule has 1 saturated heterocycles. The second kappa shape index (κ2) is 8.66. The van der Waals surface area contributed by atoms with Gasteiger partial charge < -0.3 is 15.3 Å². The number of aliphatic hydroxyl groups is 1. The maximum atomic E-state index is 9.99. The first-order valence-electron chi connectivity index (χ1n) is 10.3. The number of anilines is 2. The smallest absolute Gasteiger partial charge is 0.153 e. The molecule has 0 amide bonds. The number of hydrogen-bond acceptors (Lipinski definition) is 7. The molecule has 4 rings (SSSR count). The van der Waals surface area contributed by atoms with Gasteiger partial charge in [0.1, 0.15) is 16.5 Å². The molecular weight excluding hydrogens is 406 g/mol. The molecule has 1 spiro atoms. The van der Waals surface area contributed by atoms with Crippen LogP contribution < -0.4 is 10.2 Å². The van der Waals surface area contributed by atoms with Gasteiger partial charge in [0, 0.05) is 31.2 Å². The first-order valence-corrected chi connectivity index (χ1v) is 11.5. The summed E-state index contributed by atoms with van der Waals surface area (Å²) in [6.07, 6.45) is 9.64. The highest BCUT2D eigenvalue weighted by Crippen LogP contribution is 2.47. The average molecular weight is 434 g/mol. The van der Waals surface area contributed by atoms with E-state index in [1.54, 1.807) is 13.2 Å². The van der Waals surface area contributed by atoms with Crippen molar-refractivity contribution < 1.29 is 5.11 Å². The molecule has 1 aliphatic heterocycles. The van der Waals surface area contributed by atoms with E-state index in [-0.39, 0.29) is 6.61 Å². The van der Waals surface area contributed by atoms with Gasteiger partial charge in [-0.3, -0.25) is 0 Å². The fraction of sp³-hybridized carbons (Fsp3) is 0.571. The van der Waals surface area contributed by atoms with Gasteiger partial charge in [-0.15, -0.1) is 0 Å². The lowest BCUT2D eigenvalue weighted by Crippen LogP contribution is -2.40. The third-order valence-corrected chi connectivity index (χ3v) is 7.95. The fourth-order valence-electron chi connectivity index (χ4n) is 4.58. The van der Waals surface area contributed by atoms with Gasteiger partial charge in [0.2, 0.25) is 0 Å². The van der Waals surface area contributed by atoms with Crippen molar-refractivity contribution >= 4 is 35.0 Å². The number of halogens is 1. The van der Waals surface area contributed by atoms with Crippen LogP contribution in [0.4, 0.5) is 11.6 Å². The normalized spacial score (nSPS) is 18.4. The maximum Gasteiger partial charge on any atom is 0.153 e. The third-order valence-electron chi connectivity index (χ3n) is 6.31. The lowest BCUT2D eigenvalue weighted by molar-refractivity contribution is 0.224. The molecule has 8 heteroatoms. The largest absolute Gasteiger partial charge is 0.390 e. The average Bonchev–Trinajstić information content (AvgIpc) is 3.19. The first kappa shape index (κ1) is 20.7. The number of aliphatic hydroxyl groups excluding tert-OH is 1. The second-order valence-corrected chi connectivity index (χ2v) is 9.47. The first-order chi connectivity index (χ1) is 14.0. The number of piperidine rings is 1. The van der Waals surface area contributed by atoms with Gasteiger partial charge in [-0.2, -0.15) is 0 Å². The highest BCUT2D eigenvalue weighted by atomic mass is 35.5. The molecule has 0 aromatic carbocycles. The highest BCUT2D eigenvalue weighted by molar-refractivity contribution is 7.99. The summed E-state index contributed by atoms with van der Waals surface area (Å²) in [4.78, 5) is 17.0. The summed E-state index contributed by atoms with van der Waals surface area (Å²) in [5.41, 5.74) is 2.04. The van der Waals surface area contributed by atoms with Crippen LogP contribution in [-0.4, -0.2) is 40.2 Å². The summed E-state index contributed by atoms with van der Waals surface area (Å²) in [7, 11) is 1.79. The van der Waals surface area contributed by atoms with E-state index >= 15 is 0 Å². The van der Waals surface area contributed by atoms with Gasteiger partial charge >= 0.3 is 0 Å². The van der Waals surface area contributed by atoms with E-state index in [0.29, 0.717) is 21.9 Å². The Kier molecular flexibility index (Phi) is 6.18. The molecule has 2 aliphatic rings. The lowest BCUT2D eigenvalue weighted by Gasteiger charge is -2.40. The van der Waals surface area contributed by atoms with Crippen LogP contribution in [0.25, 0.3) is 0 Å². The zero-order valence-corrected chi connectivity index (χ0v) is 18.6. The number of nitrogens with one attached hydrogen (secondary N) is 1. The minimum Gasteiger partial charge on any atom is -0.390 e. The van der Waals surface area contributed by atoms with Gasteiger partial charge in [0.15, 0.2) is 5.82 Å². The molecule has 0 atom stereocenters. The second-order valence-electron chi connectivity index (χ2n) is 8.06. The van der Waals surface area contributed by atoms with E-state index < -0.39 is 0 Å². The lowest BCUT2D eigenvalue weighted by atomic mass is 9.77. The molecule has 156 valence electrons. The monoisotopic (exact) mass is 433 g/mol. The number of aryl methyl sites for hydroxylation is 1. The molecule has 2 N–H and O–H groups in total. The van der Waals surface area contributed by atoms with Crippen molar-refractivity contribution in [3.05, 3.63) is 28.7 Å². The van der Waals surface area contributed by atoms with Gasteiger partial charge in [0.05, 0.1) is 17.3 Å². The van der Waals surface area contributed by atoms with Crippen LogP contribution in [0, 0.1) is 12.3 Å². The SMILES string of the molecule is CNc1nccc(Sc2nc(CO)c(N3CCC4(CCCC4)CC3)nc2C)c1Cl. The Hall–Kier alpha value is -1.57. The molecule has 0 bridgehead atoms. The van der Waals surface area contributed by atoms with Crippen molar-refractivity contribution in [3.8, 4) is 0 Å². The third kappa shape index (κ3) is 4.18. The van der Waals surface area contributed by atoms with Gasteiger partial charge in [0.25, 0.3) is 0 Å². The van der Waals surface area contributed by atoms with Crippen LogP contribution >= 0.6 is 23.4 Å². The number of aromatic nitrogens is 3. The summed E-state index contributed by atoms with van der Waals surface area (Å²) in [6.45, 7) is 3.84. The number of pyridine rings is 1. The topological polar surface area (TPSA) is 74.2 Å². The highest BCUT2D eigenvalue weighted by Gasteiger charge is 2.37. The molecule has 2 aromatic rings. The van der Waals surface area contributed by atoms with Crippen LogP contribution in [0.3, 0.4) is 0 Å². The predicted octanol–water partition coefficient (Wildman–Crippen LogP) is 4.68. The van der Waals surface area contributed by atoms with Crippen molar-refractivity contribution in [1.29, 1.82) is 0 Å². The molecule has 6 nitrogen and oxygen atoms in total. The summed E-state index contributed by atoms with van der Waals surface area (Å²) in [5.74, 6) is 1.47. The van der Waals surface area contributed by atoms with E-state index in [4.69, 9.17) is 21.6 Å². The Bertz CT molecular complexity index is 878. The summed E-state index contributed by atoms with van der Waals surface area (Å²) in [6, 6.07) is 1.87. The van der Waals surface area contributed by atoms with Crippen LogP contribution in [-0.2, 0) is 6.61 Å². The standard InChI is InChI=1S/C21H28ClN5OS/c1-14-20(29-16-5-10-24-18(23-2)17(16)22)26-15(13-28)19(25-14)27-11-8-21(9-12-27)6-3-4-7-21/h5,10,28H,3-4,6-9,11-13H2,1-2H3,(H,23,24). The zero-order valence-electron chi connectivity index (χ0n) is 17.0. The summed E-state index contributed by atoms with van der Waals surface area (Å²) < 4.78 is 0. The van der Waals surface area contributed by atoms with E-state index in [9.17, 15) is 5.11 Å². The molecule has 3 heterocycles. The van der Waals surface area contributed by atoms with Crippen molar-refractivity contribution in [2.75, 3.05) is 30.4 Å². The van der Waals surface area contributed by atoms with Crippen molar-refractivity contribution in [1.82, 2.24) is 15.0 Å². The quantitative estimate of drug-likeness (QED) is 0.709. The summed E-state index contributed by atoms with van der Waals surface area (Å²) >= 11 is 7.90. The number of rotatable bonds is 5. The van der Waals surface area contributed by atoms with E-state index in [2.05, 4.69) is 15.2 Å². The zero-order chi connectivity index (χ0) is 20.4. The Labute approximate surface area is 181 Å². The van der Waals surface area contributed by atoms with Gasteiger partial charge in [-0.1, -0.05) is 36.2 Å². The Morgan fingerprint density at radius 1 is 1.21 bits per heavy atom. The molecule has 2 aromatic heterocycles. The van der Waals surface area contributed by atoms with Crippen molar-refractivity contribution in [2.24, 2.45) is 5.41 Å². The number of nitrogens with zero attached hydrogens (tertiary/aromatic N) is 4. The van der Waals surface area contributed by atoms with Crippen LogP contribution in [0.2, 0.25) is 5.02 Å². The minimum atomic E-state index is -0.121. The fourth-order valence-corrected chi connectivity index (χ4v) is 5.78. The van der Waals surface area contributed by atoms with Crippen molar-refractivity contribution in [2.45, 2.75) is 62.0 Å². The molecule has 1 saturated carbocycles. The van der Waals surface area contributed by atoms with Crippen molar-refractivity contribution in [3.63, 3.8) is 0 Å². The van der Waals surface area contributed by atoms with E-state index in [1.807, 2.05) is 13.0 Å². The summed E-state index contributed by atoms with van der Waals surface area (Å²) in [5, 5.41) is 14.3. The molecule has 1 aliphatic carbocycles. The minimum absolute atomic E-state index is 0.121. The van der Waals surface area contributed by atoms with E-state index in [1.165, 1.54) is 50.3 Å². The molecule has 29 heavy (non-hydrogen) atoms. The molecule has 2 fully saturated rings. The van der Waals surface area contributed by atoms with E-state index in [0.717, 1.165) is 34.5 Å². The van der Waals surface area contributed by atoms with Crippen LogP contribution in [0.1, 0.15) is 49.9 Å². The van der Waals surface area contributed by atoms with Crippen LogP contribution in [0.5, 0.6) is 0 Å². The predicted molar refractivity (Wildman–Crippen MR) is 118 cm³/mol.